The van der Waals surface area contributed by atoms with Gasteiger partial charge in [0.25, 0.3) is 0 Å². The van der Waals surface area contributed by atoms with Gasteiger partial charge in [0, 0.05) is 11.8 Å². The van der Waals surface area contributed by atoms with E-state index in [4.69, 9.17) is 21.9 Å². The van der Waals surface area contributed by atoms with Crippen molar-refractivity contribution < 1.29 is 9.21 Å². The van der Waals surface area contributed by atoms with Gasteiger partial charge >= 0.3 is 0 Å². The molecule has 5 nitrogen and oxygen atoms in total. The molecule has 1 aromatic heterocycles. The molecule has 1 aromatic carbocycles. The van der Waals surface area contributed by atoms with E-state index < -0.39 is 0 Å². The third-order valence-corrected chi connectivity index (χ3v) is 2.63. The Labute approximate surface area is 126 Å². The van der Waals surface area contributed by atoms with Crippen LogP contribution in [0.15, 0.2) is 53.2 Å². The van der Waals surface area contributed by atoms with Crippen molar-refractivity contribution in [2.45, 2.75) is 0 Å². The van der Waals surface area contributed by atoms with Gasteiger partial charge in [-0.3, -0.25) is 10.1 Å². The first-order chi connectivity index (χ1) is 10.2. The van der Waals surface area contributed by atoms with Crippen LogP contribution in [0.2, 0.25) is 0 Å². The molecule has 2 aromatic rings. The molecule has 0 atom stereocenters. The summed E-state index contributed by atoms with van der Waals surface area (Å²) in [5.41, 5.74) is 1.14. The van der Waals surface area contributed by atoms with Crippen LogP contribution in [0.4, 0.5) is 5.69 Å². The Balaban J connectivity index is 1.89. The number of nitrogens with zero attached hydrogens (tertiary/aromatic N) is 1. The SMILES string of the molecule is N#Cc1cccc(NC(=S)NC(=O)/C=C/c2ccco2)c1. The zero-order valence-electron chi connectivity index (χ0n) is 10.9. The van der Waals surface area contributed by atoms with Gasteiger partial charge in [0.05, 0.1) is 17.9 Å². The van der Waals surface area contributed by atoms with Crippen LogP contribution in [0.3, 0.4) is 0 Å². The number of carbonyl (C=O) groups is 1. The van der Waals surface area contributed by atoms with E-state index in [1.54, 1.807) is 36.4 Å². The van der Waals surface area contributed by atoms with E-state index in [0.29, 0.717) is 17.0 Å². The van der Waals surface area contributed by atoms with Gasteiger partial charge in [-0.05, 0) is 48.6 Å². The summed E-state index contributed by atoms with van der Waals surface area (Å²) in [6, 6.07) is 12.3. The molecule has 104 valence electrons. The number of anilines is 1. The minimum atomic E-state index is -0.375. The highest BCUT2D eigenvalue weighted by atomic mass is 32.1. The number of rotatable bonds is 3. The predicted molar refractivity (Wildman–Crippen MR) is 83.3 cm³/mol. The third kappa shape index (κ3) is 4.60. The minimum absolute atomic E-state index is 0.152. The van der Waals surface area contributed by atoms with E-state index in [1.165, 1.54) is 18.4 Å². The first-order valence-electron chi connectivity index (χ1n) is 6.01. The standard InChI is InChI=1S/C15H11N3O2S/c16-10-11-3-1-4-12(9-11)17-15(21)18-14(19)7-6-13-5-2-8-20-13/h1-9H,(H2,17,18,19,21)/b7-6+. The molecule has 21 heavy (non-hydrogen) atoms. The van der Waals surface area contributed by atoms with Gasteiger partial charge in [0.1, 0.15) is 5.76 Å². The highest BCUT2D eigenvalue weighted by molar-refractivity contribution is 7.80. The number of nitrogens with one attached hydrogen (secondary N) is 2. The number of benzene rings is 1. The average Bonchev–Trinajstić information content (AvgIpc) is 2.98. The molecular weight excluding hydrogens is 286 g/mol. The van der Waals surface area contributed by atoms with Crippen molar-refractivity contribution in [3.63, 3.8) is 0 Å². The maximum atomic E-state index is 11.6. The molecule has 6 heteroatoms. The van der Waals surface area contributed by atoms with E-state index in [-0.39, 0.29) is 11.0 Å². The fourth-order valence-electron chi connectivity index (χ4n) is 1.53. The summed E-state index contributed by atoms with van der Waals surface area (Å²) < 4.78 is 5.06. The van der Waals surface area contributed by atoms with Crippen molar-refractivity contribution in [3.8, 4) is 6.07 Å². The number of furan rings is 1. The van der Waals surface area contributed by atoms with Gasteiger partial charge in [0.15, 0.2) is 5.11 Å². The lowest BCUT2D eigenvalue weighted by Crippen LogP contribution is -2.32. The molecule has 1 amide bonds. The maximum absolute atomic E-state index is 11.6. The zero-order valence-corrected chi connectivity index (χ0v) is 11.7. The van der Waals surface area contributed by atoms with Crippen LogP contribution in [0.25, 0.3) is 6.08 Å². The summed E-state index contributed by atoms with van der Waals surface area (Å²) in [4.78, 5) is 11.6. The number of hydrogen-bond acceptors (Lipinski definition) is 4. The molecule has 0 radical (unpaired) electrons. The fraction of sp³-hybridized carbons (Fsp3) is 0. The Kier molecular flexibility index (Phi) is 4.85. The molecule has 1 heterocycles. The number of nitriles is 1. The van der Waals surface area contributed by atoms with Crippen molar-refractivity contribution in [2.24, 2.45) is 0 Å². The predicted octanol–water partition coefficient (Wildman–Crippen LogP) is 2.68. The molecule has 2 rings (SSSR count). The van der Waals surface area contributed by atoms with Gasteiger partial charge in [-0.1, -0.05) is 6.07 Å². The number of hydrogen-bond donors (Lipinski definition) is 2. The van der Waals surface area contributed by atoms with Crippen molar-refractivity contribution >= 4 is 35.0 Å². The maximum Gasteiger partial charge on any atom is 0.250 e. The summed E-state index contributed by atoms with van der Waals surface area (Å²) >= 11 is 5.02. The first-order valence-corrected chi connectivity index (χ1v) is 6.42. The van der Waals surface area contributed by atoms with Crippen molar-refractivity contribution in [3.05, 3.63) is 60.1 Å². The third-order valence-electron chi connectivity index (χ3n) is 2.43. The Bertz CT molecular complexity index is 715. The summed E-state index contributed by atoms with van der Waals surface area (Å²) in [5, 5.41) is 14.3. The highest BCUT2D eigenvalue weighted by Crippen LogP contribution is 2.09. The topological polar surface area (TPSA) is 78.1 Å². The van der Waals surface area contributed by atoms with E-state index >= 15 is 0 Å². The lowest BCUT2D eigenvalue weighted by Gasteiger charge is -2.07. The monoisotopic (exact) mass is 297 g/mol. The van der Waals surface area contributed by atoms with Crippen LogP contribution in [-0.4, -0.2) is 11.0 Å². The summed E-state index contributed by atoms with van der Waals surface area (Å²) in [7, 11) is 0. The van der Waals surface area contributed by atoms with Gasteiger partial charge < -0.3 is 9.73 Å². The number of amides is 1. The van der Waals surface area contributed by atoms with Gasteiger partial charge in [-0.2, -0.15) is 5.26 Å². The first kappa shape index (κ1) is 14.5. The molecule has 0 saturated carbocycles. The second-order valence-corrected chi connectivity index (χ2v) is 4.39. The molecule has 0 aliphatic heterocycles. The molecule has 0 fully saturated rings. The normalized spacial score (nSPS) is 10.0. The van der Waals surface area contributed by atoms with E-state index in [0.717, 1.165) is 0 Å². The van der Waals surface area contributed by atoms with Crippen LogP contribution < -0.4 is 10.6 Å². The van der Waals surface area contributed by atoms with E-state index in [2.05, 4.69) is 10.6 Å². The average molecular weight is 297 g/mol. The number of carbonyl (C=O) groups excluding carboxylic acids is 1. The van der Waals surface area contributed by atoms with E-state index in [9.17, 15) is 4.79 Å². The van der Waals surface area contributed by atoms with Crippen LogP contribution in [0, 0.1) is 11.3 Å². The van der Waals surface area contributed by atoms with Crippen LogP contribution in [-0.2, 0) is 4.79 Å². The Morgan fingerprint density at radius 2 is 2.19 bits per heavy atom. The quantitative estimate of drug-likeness (QED) is 0.672. The summed E-state index contributed by atoms with van der Waals surface area (Å²) in [6.07, 6.45) is 4.37. The molecule has 0 saturated heterocycles. The summed E-state index contributed by atoms with van der Waals surface area (Å²) in [6.45, 7) is 0. The largest absolute Gasteiger partial charge is 0.465 e. The van der Waals surface area contributed by atoms with Crippen LogP contribution >= 0.6 is 12.2 Å². The van der Waals surface area contributed by atoms with Crippen molar-refractivity contribution in [1.82, 2.24) is 5.32 Å². The minimum Gasteiger partial charge on any atom is -0.465 e. The molecule has 0 spiro atoms. The second kappa shape index (κ2) is 7.03. The van der Waals surface area contributed by atoms with Gasteiger partial charge in [0.2, 0.25) is 5.91 Å². The molecular formula is C15H11N3O2S. The molecule has 2 N–H and O–H groups in total. The van der Waals surface area contributed by atoms with Crippen LogP contribution in [0.1, 0.15) is 11.3 Å². The fourth-order valence-corrected chi connectivity index (χ4v) is 1.74. The Hall–Kier alpha value is -2.91. The lowest BCUT2D eigenvalue weighted by molar-refractivity contribution is -0.115. The highest BCUT2D eigenvalue weighted by Gasteiger charge is 2.02. The van der Waals surface area contributed by atoms with Crippen LogP contribution in [0.5, 0.6) is 0 Å². The van der Waals surface area contributed by atoms with Gasteiger partial charge in [-0.15, -0.1) is 0 Å². The smallest absolute Gasteiger partial charge is 0.250 e. The van der Waals surface area contributed by atoms with E-state index in [1.807, 2.05) is 6.07 Å². The molecule has 0 aliphatic carbocycles. The Morgan fingerprint density at radius 1 is 1.33 bits per heavy atom. The lowest BCUT2D eigenvalue weighted by atomic mass is 10.2. The zero-order chi connectivity index (χ0) is 15.1. The molecule has 0 unspecified atom stereocenters. The van der Waals surface area contributed by atoms with Gasteiger partial charge in [-0.25, -0.2) is 0 Å². The summed E-state index contributed by atoms with van der Waals surface area (Å²) in [5.74, 6) is 0.200. The molecule has 0 bridgehead atoms. The molecule has 0 aliphatic rings. The Morgan fingerprint density at radius 3 is 2.90 bits per heavy atom. The van der Waals surface area contributed by atoms with Crippen molar-refractivity contribution in [1.29, 1.82) is 5.26 Å². The number of thiocarbonyl (C=S) groups is 1. The van der Waals surface area contributed by atoms with Crippen molar-refractivity contribution in [2.75, 3.05) is 5.32 Å². The second-order valence-electron chi connectivity index (χ2n) is 3.98.